The molecule has 0 saturated carbocycles. The Morgan fingerprint density at radius 3 is 3.05 bits per heavy atom. The Bertz CT molecular complexity index is 688. The summed E-state index contributed by atoms with van der Waals surface area (Å²) in [6, 6.07) is 0.426. The summed E-state index contributed by atoms with van der Waals surface area (Å²) >= 11 is 1.57. The molecule has 5 nitrogen and oxygen atoms in total. The third kappa shape index (κ3) is 2.68. The summed E-state index contributed by atoms with van der Waals surface area (Å²) in [4.78, 5) is 18.8. The zero-order chi connectivity index (χ0) is 15.0. The second kappa shape index (κ2) is 5.52. The Morgan fingerprint density at radius 2 is 2.33 bits per heavy atom. The molecule has 3 heterocycles. The Morgan fingerprint density at radius 1 is 1.52 bits per heavy atom. The number of piperidine rings is 1. The zero-order valence-corrected chi connectivity index (χ0v) is 13.0. The summed E-state index contributed by atoms with van der Waals surface area (Å²) in [6.07, 6.45) is 7.07. The van der Waals surface area contributed by atoms with Gasteiger partial charge in [0.2, 0.25) is 0 Å². The van der Waals surface area contributed by atoms with Crippen molar-refractivity contribution in [1.29, 1.82) is 0 Å². The van der Waals surface area contributed by atoms with Crippen molar-refractivity contribution in [1.82, 2.24) is 9.38 Å². The van der Waals surface area contributed by atoms with Gasteiger partial charge in [-0.05, 0) is 31.8 Å². The number of aliphatic carboxylic acids is 1. The number of carboxylic acids is 1. The van der Waals surface area contributed by atoms with Crippen molar-refractivity contribution in [3.8, 4) is 0 Å². The molecular formula is C15H19N3O2S. The SMILES string of the molecule is CC1CCN(c2nc3sccn3c2C=CC(=O)O)C(C)C1. The number of thiazole rings is 1. The first-order valence-electron chi connectivity index (χ1n) is 7.19. The summed E-state index contributed by atoms with van der Waals surface area (Å²) in [6.45, 7) is 5.47. The Hall–Kier alpha value is -1.82. The number of carboxylic acid groups (broad SMARTS) is 1. The van der Waals surface area contributed by atoms with Crippen LogP contribution in [0.1, 0.15) is 32.4 Å². The fraction of sp³-hybridized carbons (Fsp3) is 0.467. The van der Waals surface area contributed by atoms with E-state index in [0.717, 1.165) is 41.8 Å². The van der Waals surface area contributed by atoms with E-state index in [-0.39, 0.29) is 0 Å². The molecular weight excluding hydrogens is 286 g/mol. The average Bonchev–Trinajstić information content (AvgIpc) is 2.97. The Labute approximate surface area is 127 Å². The number of hydrogen-bond donors (Lipinski definition) is 1. The minimum Gasteiger partial charge on any atom is -0.478 e. The van der Waals surface area contributed by atoms with Crippen LogP contribution < -0.4 is 4.90 Å². The van der Waals surface area contributed by atoms with Crippen LogP contribution >= 0.6 is 11.3 Å². The van der Waals surface area contributed by atoms with Gasteiger partial charge in [0.05, 0.1) is 5.69 Å². The summed E-state index contributed by atoms with van der Waals surface area (Å²) < 4.78 is 1.96. The maximum absolute atomic E-state index is 10.8. The van der Waals surface area contributed by atoms with Crippen LogP contribution in [-0.4, -0.2) is 33.0 Å². The van der Waals surface area contributed by atoms with Gasteiger partial charge in [-0.1, -0.05) is 6.92 Å². The lowest BCUT2D eigenvalue weighted by Crippen LogP contribution is -2.40. The quantitative estimate of drug-likeness (QED) is 0.885. The molecule has 1 aliphatic heterocycles. The van der Waals surface area contributed by atoms with Gasteiger partial charge >= 0.3 is 5.97 Å². The second-order valence-corrected chi connectivity index (χ2v) is 6.59. The molecule has 2 unspecified atom stereocenters. The lowest BCUT2D eigenvalue weighted by Gasteiger charge is -2.37. The molecule has 1 fully saturated rings. The first kappa shape index (κ1) is 14.1. The van der Waals surface area contributed by atoms with Crippen LogP contribution in [0.25, 0.3) is 11.0 Å². The molecule has 21 heavy (non-hydrogen) atoms. The number of fused-ring (bicyclic) bond motifs is 1. The fourth-order valence-electron chi connectivity index (χ4n) is 3.03. The second-order valence-electron chi connectivity index (χ2n) is 5.72. The van der Waals surface area contributed by atoms with E-state index in [2.05, 4.69) is 18.7 Å². The predicted molar refractivity (Wildman–Crippen MR) is 84.9 cm³/mol. The van der Waals surface area contributed by atoms with Crippen molar-refractivity contribution in [3.05, 3.63) is 23.3 Å². The normalized spacial score (nSPS) is 23.2. The van der Waals surface area contributed by atoms with Gasteiger partial charge in [0.25, 0.3) is 0 Å². The van der Waals surface area contributed by atoms with Crippen LogP contribution in [0.15, 0.2) is 17.7 Å². The van der Waals surface area contributed by atoms with Crippen molar-refractivity contribution in [2.45, 2.75) is 32.7 Å². The van der Waals surface area contributed by atoms with Crippen molar-refractivity contribution in [3.63, 3.8) is 0 Å². The molecule has 2 atom stereocenters. The average molecular weight is 305 g/mol. The maximum Gasteiger partial charge on any atom is 0.328 e. The molecule has 0 amide bonds. The zero-order valence-electron chi connectivity index (χ0n) is 12.2. The van der Waals surface area contributed by atoms with E-state index in [1.54, 1.807) is 17.4 Å². The number of rotatable bonds is 3. The summed E-state index contributed by atoms with van der Waals surface area (Å²) in [5.74, 6) is 0.697. The molecule has 0 aliphatic carbocycles. The van der Waals surface area contributed by atoms with E-state index in [0.29, 0.717) is 6.04 Å². The van der Waals surface area contributed by atoms with Gasteiger partial charge in [0.15, 0.2) is 10.8 Å². The minimum absolute atomic E-state index is 0.426. The van der Waals surface area contributed by atoms with E-state index < -0.39 is 5.97 Å². The Kier molecular flexibility index (Phi) is 3.71. The van der Waals surface area contributed by atoms with Crippen LogP contribution in [-0.2, 0) is 4.79 Å². The van der Waals surface area contributed by atoms with Gasteiger partial charge in [0.1, 0.15) is 0 Å². The number of carbonyl (C=O) groups is 1. The van der Waals surface area contributed by atoms with E-state index in [9.17, 15) is 4.79 Å². The summed E-state index contributed by atoms with van der Waals surface area (Å²) in [5, 5.41) is 10.9. The van der Waals surface area contributed by atoms with Gasteiger partial charge in [-0.25, -0.2) is 9.78 Å². The number of hydrogen-bond acceptors (Lipinski definition) is 4. The highest BCUT2D eigenvalue weighted by Crippen LogP contribution is 2.32. The molecule has 2 aromatic rings. The first-order chi connectivity index (χ1) is 10.1. The van der Waals surface area contributed by atoms with E-state index in [1.165, 1.54) is 6.08 Å². The third-order valence-electron chi connectivity index (χ3n) is 4.07. The van der Waals surface area contributed by atoms with E-state index in [4.69, 9.17) is 10.1 Å². The van der Waals surface area contributed by atoms with Crippen LogP contribution in [0.4, 0.5) is 5.82 Å². The first-order valence-corrected chi connectivity index (χ1v) is 8.07. The van der Waals surface area contributed by atoms with E-state index in [1.807, 2.05) is 16.0 Å². The number of aromatic nitrogens is 2. The van der Waals surface area contributed by atoms with Crippen molar-refractivity contribution in [2.24, 2.45) is 5.92 Å². The molecule has 0 spiro atoms. The number of nitrogens with zero attached hydrogens (tertiary/aromatic N) is 3. The van der Waals surface area contributed by atoms with Crippen molar-refractivity contribution < 1.29 is 9.90 Å². The van der Waals surface area contributed by atoms with Crippen molar-refractivity contribution in [2.75, 3.05) is 11.4 Å². The standard InChI is InChI=1S/C15H19N3O2S/c1-10-5-6-17(11(2)9-10)14-12(3-4-13(19)20)18-7-8-21-15(18)16-14/h3-4,7-8,10-11H,5-6,9H2,1-2H3,(H,19,20). The fourth-order valence-corrected chi connectivity index (χ4v) is 3.75. The number of anilines is 1. The molecule has 0 bridgehead atoms. The lowest BCUT2D eigenvalue weighted by molar-refractivity contribution is -0.131. The predicted octanol–water partition coefficient (Wildman–Crippen LogP) is 3.12. The monoisotopic (exact) mass is 305 g/mol. The minimum atomic E-state index is -0.938. The highest BCUT2D eigenvalue weighted by Gasteiger charge is 2.27. The largest absolute Gasteiger partial charge is 0.478 e. The molecule has 1 saturated heterocycles. The van der Waals surface area contributed by atoms with Crippen LogP contribution in [0.2, 0.25) is 0 Å². The third-order valence-corrected chi connectivity index (χ3v) is 4.83. The van der Waals surface area contributed by atoms with Gasteiger partial charge in [0, 0.05) is 30.2 Å². The topological polar surface area (TPSA) is 57.8 Å². The summed E-state index contributed by atoms with van der Waals surface area (Å²) in [5.41, 5.74) is 0.857. The van der Waals surface area contributed by atoms with Crippen LogP contribution in [0, 0.1) is 5.92 Å². The number of imidazole rings is 1. The summed E-state index contributed by atoms with van der Waals surface area (Å²) in [7, 11) is 0. The maximum atomic E-state index is 10.8. The van der Waals surface area contributed by atoms with Gasteiger partial charge in [-0.15, -0.1) is 11.3 Å². The molecule has 2 aromatic heterocycles. The molecule has 3 rings (SSSR count). The molecule has 0 radical (unpaired) electrons. The highest BCUT2D eigenvalue weighted by atomic mass is 32.1. The molecule has 112 valence electrons. The Balaban J connectivity index is 2.03. The van der Waals surface area contributed by atoms with Gasteiger partial charge in [-0.2, -0.15) is 0 Å². The smallest absolute Gasteiger partial charge is 0.328 e. The molecule has 0 aromatic carbocycles. The van der Waals surface area contributed by atoms with Crippen LogP contribution in [0.3, 0.4) is 0 Å². The van der Waals surface area contributed by atoms with E-state index >= 15 is 0 Å². The molecule has 6 heteroatoms. The molecule has 1 N–H and O–H groups in total. The lowest BCUT2D eigenvalue weighted by atomic mass is 9.93. The van der Waals surface area contributed by atoms with Gasteiger partial charge in [-0.3, -0.25) is 4.40 Å². The highest BCUT2D eigenvalue weighted by molar-refractivity contribution is 7.15. The van der Waals surface area contributed by atoms with Crippen LogP contribution in [0.5, 0.6) is 0 Å². The van der Waals surface area contributed by atoms with Gasteiger partial charge < -0.3 is 10.0 Å². The van der Waals surface area contributed by atoms with Crippen molar-refractivity contribution >= 4 is 34.2 Å². The molecule has 1 aliphatic rings.